The normalized spacial score (nSPS) is 20.7. The standard InChI is InChI=1S/C15H21N3O3/c1-11-10-12(17-21-11)16-13(19)15(6-7-15)14(20)18-8-4-2-3-5-9-18/h10H,2-9H2,1H3,(H,16,17,19). The Morgan fingerprint density at radius 3 is 2.43 bits per heavy atom. The van der Waals surface area contributed by atoms with Crippen molar-refractivity contribution in [2.45, 2.75) is 45.4 Å². The Morgan fingerprint density at radius 2 is 1.90 bits per heavy atom. The van der Waals surface area contributed by atoms with Crippen LogP contribution in [0.5, 0.6) is 0 Å². The molecule has 2 amide bonds. The molecule has 1 aromatic rings. The summed E-state index contributed by atoms with van der Waals surface area (Å²) in [6.45, 7) is 3.31. The van der Waals surface area contributed by atoms with E-state index in [4.69, 9.17) is 4.52 Å². The van der Waals surface area contributed by atoms with Gasteiger partial charge in [0.1, 0.15) is 11.2 Å². The smallest absolute Gasteiger partial charge is 0.241 e. The van der Waals surface area contributed by atoms with E-state index < -0.39 is 5.41 Å². The SMILES string of the molecule is Cc1cc(NC(=O)C2(C(=O)N3CCCCCC3)CC2)no1. The minimum absolute atomic E-state index is 0.0119. The number of anilines is 1. The van der Waals surface area contributed by atoms with Gasteiger partial charge in [-0.05, 0) is 32.6 Å². The molecular formula is C15H21N3O3. The molecule has 6 heteroatoms. The molecule has 1 aromatic heterocycles. The fourth-order valence-electron chi connectivity index (χ4n) is 2.90. The summed E-state index contributed by atoms with van der Waals surface area (Å²) in [6, 6.07) is 1.66. The Hall–Kier alpha value is -1.85. The van der Waals surface area contributed by atoms with Gasteiger partial charge >= 0.3 is 0 Å². The quantitative estimate of drug-likeness (QED) is 0.865. The van der Waals surface area contributed by atoms with Crippen LogP contribution in [0.15, 0.2) is 10.6 Å². The Balaban J connectivity index is 1.68. The molecule has 114 valence electrons. The number of nitrogens with zero attached hydrogens (tertiary/aromatic N) is 2. The maximum Gasteiger partial charge on any atom is 0.241 e. The number of hydrogen-bond acceptors (Lipinski definition) is 4. The molecule has 0 spiro atoms. The fraction of sp³-hybridized carbons (Fsp3) is 0.667. The van der Waals surface area contributed by atoms with Crippen molar-refractivity contribution in [3.05, 3.63) is 11.8 Å². The van der Waals surface area contributed by atoms with E-state index in [9.17, 15) is 9.59 Å². The number of likely N-dealkylation sites (tertiary alicyclic amines) is 1. The van der Waals surface area contributed by atoms with Crippen LogP contribution in [0, 0.1) is 12.3 Å². The molecule has 1 aliphatic carbocycles. The van der Waals surface area contributed by atoms with Gasteiger partial charge in [-0.1, -0.05) is 18.0 Å². The molecule has 2 heterocycles. The molecule has 0 aromatic carbocycles. The second-order valence-electron chi connectivity index (χ2n) is 6.07. The van der Waals surface area contributed by atoms with Crippen molar-refractivity contribution in [1.29, 1.82) is 0 Å². The molecule has 2 fully saturated rings. The predicted octanol–water partition coefficient (Wildman–Crippen LogP) is 2.10. The molecule has 6 nitrogen and oxygen atoms in total. The Labute approximate surface area is 123 Å². The second-order valence-corrected chi connectivity index (χ2v) is 6.07. The van der Waals surface area contributed by atoms with E-state index >= 15 is 0 Å². The van der Waals surface area contributed by atoms with Crippen LogP contribution < -0.4 is 5.32 Å². The summed E-state index contributed by atoms with van der Waals surface area (Å²) in [6.07, 6.45) is 5.66. The summed E-state index contributed by atoms with van der Waals surface area (Å²) in [5.41, 5.74) is -0.864. The van der Waals surface area contributed by atoms with Crippen molar-refractivity contribution in [3.63, 3.8) is 0 Å². The molecule has 1 saturated heterocycles. The summed E-state index contributed by atoms with van der Waals surface area (Å²) < 4.78 is 4.93. The first-order valence-corrected chi connectivity index (χ1v) is 7.66. The van der Waals surface area contributed by atoms with Crippen LogP contribution in [0.1, 0.15) is 44.3 Å². The number of aryl methyl sites for hydroxylation is 1. The maximum absolute atomic E-state index is 12.7. The maximum atomic E-state index is 12.7. The van der Waals surface area contributed by atoms with Crippen LogP contribution >= 0.6 is 0 Å². The molecular weight excluding hydrogens is 270 g/mol. The van der Waals surface area contributed by atoms with Gasteiger partial charge < -0.3 is 14.7 Å². The highest BCUT2D eigenvalue weighted by Crippen LogP contribution is 2.48. The van der Waals surface area contributed by atoms with Crippen LogP contribution in [-0.4, -0.2) is 35.0 Å². The van der Waals surface area contributed by atoms with E-state index in [1.54, 1.807) is 13.0 Å². The fourth-order valence-corrected chi connectivity index (χ4v) is 2.90. The minimum atomic E-state index is -0.864. The summed E-state index contributed by atoms with van der Waals surface area (Å²) in [7, 11) is 0. The molecule has 0 atom stereocenters. The Morgan fingerprint density at radius 1 is 1.24 bits per heavy atom. The van der Waals surface area contributed by atoms with E-state index in [0.29, 0.717) is 24.4 Å². The highest BCUT2D eigenvalue weighted by molar-refractivity contribution is 6.12. The van der Waals surface area contributed by atoms with Crippen LogP contribution in [0.2, 0.25) is 0 Å². The monoisotopic (exact) mass is 291 g/mol. The predicted molar refractivity (Wildman–Crippen MR) is 76.6 cm³/mol. The molecule has 1 aliphatic heterocycles. The number of nitrogens with one attached hydrogen (secondary N) is 1. The van der Waals surface area contributed by atoms with Gasteiger partial charge in [-0.25, -0.2) is 0 Å². The van der Waals surface area contributed by atoms with Gasteiger partial charge in [-0.15, -0.1) is 0 Å². The lowest BCUT2D eigenvalue weighted by Gasteiger charge is -2.25. The zero-order chi connectivity index (χ0) is 14.9. The van der Waals surface area contributed by atoms with E-state index in [-0.39, 0.29) is 11.8 Å². The number of carbonyl (C=O) groups excluding carboxylic acids is 2. The summed E-state index contributed by atoms with van der Waals surface area (Å²) >= 11 is 0. The van der Waals surface area contributed by atoms with Crippen molar-refractivity contribution in [3.8, 4) is 0 Å². The summed E-state index contributed by atoms with van der Waals surface area (Å²) in [5.74, 6) is 0.758. The third kappa shape index (κ3) is 2.80. The van der Waals surface area contributed by atoms with Crippen LogP contribution in [0.4, 0.5) is 5.82 Å². The van der Waals surface area contributed by atoms with Gasteiger partial charge in [0, 0.05) is 19.2 Å². The number of carbonyl (C=O) groups is 2. The molecule has 1 saturated carbocycles. The van der Waals surface area contributed by atoms with Gasteiger partial charge in [-0.2, -0.15) is 0 Å². The topological polar surface area (TPSA) is 75.4 Å². The molecule has 0 unspecified atom stereocenters. The average molecular weight is 291 g/mol. The Bertz CT molecular complexity index is 540. The molecule has 21 heavy (non-hydrogen) atoms. The minimum Gasteiger partial charge on any atom is -0.360 e. The molecule has 2 aliphatic rings. The lowest BCUT2D eigenvalue weighted by atomic mass is 10.0. The molecule has 1 N–H and O–H groups in total. The lowest BCUT2D eigenvalue weighted by molar-refractivity contribution is -0.142. The number of amides is 2. The summed E-state index contributed by atoms with van der Waals surface area (Å²) in [5, 5.41) is 6.46. The van der Waals surface area contributed by atoms with E-state index in [2.05, 4.69) is 10.5 Å². The first-order valence-electron chi connectivity index (χ1n) is 7.66. The molecule has 0 radical (unpaired) electrons. The lowest BCUT2D eigenvalue weighted by Crippen LogP contribution is -2.43. The number of aromatic nitrogens is 1. The van der Waals surface area contributed by atoms with Gasteiger partial charge in [-0.3, -0.25) is 9.59 Å². The van der Waals surface area contributed by atoms with Gasteiger partial charge in [0.2, 0.25) is 11.8 Å². The van der Waals surface area contributed by atoms with Gasteiger partial charge in [0.05, 0.1) is 0 Å². The second kappa shape index (κ2) is 5.50. The van der Waals surface area contributed by atoms with Gasteiger partial charge in [0.15, 0.2) is 5.82 Å². The molecule has 0 bridgehead atoms. The number of hydrogen-bond donors (Lipinski definition) is 1. The van der Waals surface area contributed by atoms with Gasteiger partial charge in [0.25, 0.3) is 0 Å². The van der Waals surface area contributed by atoms with E-state index in [1.165, 1.54) is 12.8 Å². The van der Waals surface area contributed by atoms with E-state index in [1.807, 2.05) is 4.90 Å². The van der Waals surface area contributed by atoms with E-state index in [0.717, 1.165) is 25.9 Å². The van der Waals surface area contributed by atoms with Crippen molar-refractivity contribution in [2.24, 2.45) is 5.41 Å². The zero-order valence-corrected chi connectivity index (χ0v) is 12.4. The largest absolute Gasteiger partial charge is 0.360 e. The highest BCUT2D eigenvalue weighted by Gasteiger charge is 2.58. The van der Waals surface area contributed by atoms with Crippen LogP contribution in [0.3, 0.4) is 0 Å². The first kappa shape index (κ1) is 14.1. The third-order valence-corrected chi connectivity index (χ3v) is 4.36. The van der Waals surface area contributed by atoms with Crippen molar-refractivity contribution >= 4 is 17.6 Å². The third-order valence-electron chi connectivity index (χ3n) is 4.36. The average Bonchev–Trinajstić information content (AvgIpc) is 3.23. The van der Waals surface area contributed by atoms with Crippen molar-refractivity contribution in [2.75, 3.05) is 18.4 Å². The summed E-state index contributed by atoms with van der Waals surface area (Å²) in [4.78, 5) is 27.0. The van der Waals surface area contributed by atoms with Crippen LogP contribution in [0.25, 0.3) is 0 Å². The molecule has 3 rings (SSSR count). The number of rotatable bonds is 3. The Kier molecular flexibility index (Phi) is 3.69. The highest BCUT2D eigenvalue weighted by atomic mass is 16.5. The first-order chi connectivity index (χ1) is 10.1. The van der Waals surface area contributed by atoms with Crippen molar-refractivity contribution < 1.29 is 14.1 Å². The van der Waals surface area contributed by atoms with Crippen LogP contribution in [-0.2, 0) is 9.59 Å². The van der Waals surface area contributed by atoms with Crippen molar-refractivity contribution in [1.82, 2.24) is 10.1 Å². The zero-order valence-electron chi connectivity index (χ0n) is 12.4.